The van der Waals surface area contributed by atoms with Crippen LogP contribution in [0.4, 0.5) is 4.79 Å². The van der Waals surface area contributed by atoms with E-state index in [1.807, 2.05) is 0 Å². The lowest BCUT2D eigenvalue weighted by atomic mass is 9.54. The molecule has 0 aromatic heterocycles. The highest BCUT2D eigenvalue weighted by Gasteiger charge is 2.69. The van der Waals surface area contributed by atoms with Gasteiger partial charge in [0, 0.05) is 17.0 Å². The van der Waals surface area contributed by atoms with Gasteiger partial charge in [-0.05, 0) is 52.4 Å². The first kappa shape index (κ1) is 28.1. The molecule has 1 aromatic carbocycles. The highest BCUT2D eigenvalue weighted by molar-refractivity contribution is 6.24. The zero-order valence-corrected chi connectivity index (χ0v) is 22.5. The fourth-order valence-corrected chi connectivity index (χ4v) is 6.15. The van der Waals surface area contributed by atoms with Crippen molar-refractivity contribution in [2.75, 3.05) is 14.1 Å². The molecular weight excluding hydrogens is 510 g/mol. The molecule has 3 aliphatic carbocycles. The Kier molecular flexibility index (Phi) is 6.56. The van der Waals surface area contributed by atoms with Crippen molar-refractivity contribution in [2.45, 2.75) is 56.9 Å². The van der Waals surface area contributed by atoms with Gasteiger partial charge in [-0.3, -0.25) is 19.3 Å². The van der Waals surface area contributed by atoms with Crippen LogP contribution in [0, 0.1) is 11.8 Å². The molecule has 210 valence electrons. The molecule has 2 amide bonds. The number of nitrogens with two attached hydrogens (primary N) is 1. The minimum absolute atomic E-state index is 0.0563. The number of phenolic OH excluding ortho intramolecular Hbond substituents is 1. The normalized spacial score (nSPS) is 30.5. The minimum Gasteiger partial charge on any atom is -0.508 e. The fraction of sp³-hybridized carbons (Fsp3) is 0.481. The van der Waals surface area contributed by atoms with Crippen molar-refractivity contribution < 1.29 is 44.3 Å². The van der Waals surface area contributed by atoms with Crippen molar-refractivity contribution in [1.29, 1.82) is 0 Å². The second kappa shape index (κ2) is 9.09. The molecule has 7 N–H and O–H groups in total. The monoisotopic (exact) mass is 543 g/mol. The number of alkyl carbamates (subject to hydrolysis) is 1. The van der Waals surface area contributed by atoms with Crippen LogP contribution < -0.4 is 11.1 Å². The molecule has 0 radical (unpaired) electrons. The van der Waals surface area contributed by atoms with E-state index in [-0.39, 0.29) is 11.3 Å². The molecule has 0 saturated heterocycles. The maximum atomic E-state index is 14.1. The van der Waals surface area contributed by atoms with E-state index in [4.69, 9.17) is 10.5 Å². The van der Waals surface area contributed by atoms with Gasteiger partial charge in [0.1, 0.15) is 28.9 Å². The Morgan fingerprint density at radius 1 is 1.13 bits per heavy atom. The summed E-state index contributed by atoms with van der Waals surface area (Å²) >= 11 is 0. The molecule has 1 aromatic rings. The highest BCUT2D eigenvalue weighted by atomic mass is 16.6. The van der Waals surface area contributed by atoms with Crippen molar-refractivity contribution >= 4 is 29.3 Å². The van der Waals surface area contributed by atoms with Gasteiger partial charge in [-0.15, -0.1) is 0 Å². The second-order valence-corrected chi connectivity index (χ2v) is 11.5. The smallest absolute Gasteiger partial charge is 0.407 e. The zero-order chi connectivity index (χ0) is 29.4. The van der Waals surface area contributed by atoms with Crippen molar-refractivity contribution in [1.82, 2.24) is 10.2 Å². The molecule has 12 heteroatoms. The number of ether oxygens (including phenoxy) is 1. The van der Waals surface area contributed by atoms with E-state index in [0.29, 0.717) is 5.56 Å². The van der Waals surface area contributed by atoms with E-state index in [1.54, 1.807) is 39.8 Å². The number of Topliss-reactive ketones (excluding diaryl/α,β-unsaturated/α-hetero) is 2. The van der Waals surface area contributed by atoms with Gasteiger partial charge in [-0.1, -0.05) is 19.1 Å². The Morgan fingerprint density at radius 2 is 1.74 bits per heavy atom. The van der Waals surface area contributed by atoms with Gasteiger partial charge in [0.15, 0.2) is 11.4 Å². The number of benzene rings is 1. The molecule has 6 atom stereocenters. The summed E-state index contributed by atoms with van der Waals surface area (Å²) in [6.07, 6.45) is -2.42. The third kappa shape index (κ3) is 4.05. The van der Waals surface area contributed by atoms with Crippen LogP contribution in [0.3, 0.4) is 0 Å². The molecule has 3 aliphatic rings. The average Bonchev–Trinajstić information content (AvgIpc) is 2.79. The summed E-state index contributed by atoms with van der Waals surface area (Å²) in [6.45, 7) is 6.80. The number of hydrogen-bond donors (Lipinski definition) is 6. The lowest BCUT2D eigenvalue weighted by molar-refractivity contribution is -0.169. The quantitative estimate of drug-likeness (QED) is 0.299. The number of phenols is 1. The average molecular weight is 544 g/mol. The number of aliphatic hydroxyl groups is 3. The predicted molar refractivity (Wildman–Crippen MR) is 137 cm³/mol. The Morgan fingerprint density at radius 3 is 2.28 bits per heavy atom. The van der Waals surface area contributed by atoms with Crippen LogP contribution in [0.25, 0.3) is 5.76 Å². The molecule has 0 aliphatic heterocycles. The molecule has 0 bridgehead atoms. The third-order valence-corrected chi connectivity index (χ3v) is 7.69. The van der Waals surface area contributed by atoms with Crippen molar-refractivity contribution in [3.05, 3.63) is 46.2 Å². The van der Waals surface area contributed by atoms with Gasteiger partial charge >= 0.3 is 6.09 Å². The first-order valence-electron chi connectivity index (χ1n) is 12.4. The van der Waals surface area contributed by atoms with E-state index in [1.165, 1.54) is 25.1 Å². The van der Waals surface area contributed by atoms with Gasteiger partial charge in [-0.25, -0.2) is 4.79 Å². The Hall–Kier alpha value is -3.90. The first-order valence-corrected chi connectivity index (χ1v) is 12.4. The maximum Gasteiger partial charge on any atom is 0.407 e. The van der Waals surface area contributed by atoms with E-state index < -0.39 is 87.3 Å². The number of likely N-dealkylation sites (N-methyl/N-ethyl adjacent to an activating group) is 1. The van der Waals surface area contributed by atoms with Gasteiger partial charge < -0.3 is 36.2 Å². The summed E-state index contributed by atoms with van der Waals surface area (Å²) in [5, 5.41) is 47.6. The van der Waals surface area contributed by atoms with Gasteiger partial charge in [0.2, 0.25) is 5.78 Å². The largest absolute Gasteiger partial charge is 0.508 e. The number of amides is 2. The SMILES string of the molecule is C[C@H]1c2cccc(O)c2C(O)=C2C(=O)[C@@]3(O)C(O)=C(C(N)=O)C(=O)[C@H](N(C)C)[C@@H]3[C@H](OC(=O)NC(C)(C)C)[C@H]21. The van der Waals surface area contributed by atoms with Crippen molar-refractivity contribution in [3.63, 3.8) is 0 Å². The highest BCUT2D eigenvalue weighted by Crippen LogP contribution is 2.56. The molecule has 1 fully saturated rings. The molecule has 0 spiro atoms. The number of fused-ring (bicyclic) bond motifs is 3. The van der Waals surface area contributed by atoms with Gasteiger partial charge in [0.05, 0.1) is 17.5 Å². The van der Waals surface area contributed by atoms with Crippen LogP contribution >= 0.6 is 0 Å². The Labute approximate surface area is 224 Å². The van der Waals surface area contributed by atoms with E-state index in [0.717, 1.165) is 0 Å². The van der Waals surface area contributed by atoms with Crippen LogP contribution in [-0.4, -0.2) is 86.3 Å². The number of hydrogen-bond acceptors (Lipinski definition) is 10. The number of primary amides is 1. The van der Waals surface area contributed by atoms with E-state index in [9.17, 15) is 39.6 Å². The number of nitrogens with one attached hydrogen (secondary N) is 1. The first-order chi connectivity index (χ1) is 17.9. The molecule has 4 rings (SSSR count). The number of ketones is 2. The third-order valence-electron chi connectivity index (χ3n) is 7.69. The fourth-order valence-electron chi connectivity index (χ4n) is 6.15. The van der Waals surface area contributed by atoms with Crippen LogP contribution in [0.15, 0.2) is 35.1 Å². The van der Waals surface area contributed by atoms with Gasteiger partial charge in [-0.2, -0.15) is 0 Å². The van der Waals surface area contributed by atoms with Crippen LogP contribution in [-0.2, 0) is 19.1 Å². The second-order valence-electron chi connectivity index (χ2n) is 11.5. The number of aliphatic hydroxyl groups excluding tert-OH is 2. The number of carbonyl (C=O) groups is 4. The molecule has 0 heterocycles. The molecule has 39 heavy (non-hydrogen) atoms. The number of carbonyl (C=O) groups excluding carboxylic acids is 4. The molecule has 0 unspecified atom stereocenters. The molecule has 1 saturated carbocycles. The number of rotatable bonds is 3. The summed E-state index contributed by atoms with van der Waals surface area (Å²) in [4.78, 5) is 54.3. The summed E-state index contributed by atoms with van der Waals surface area (Å²) in [7, 11) is 2.92. The lowest BCUT2D eigenvalue weighted by Crippen LogP contribution is -2.71. The summed E-state index contributed by atoms with van der Waals surface area (Å²) in [5.74, 6) is -9.24. The summed E-state index contributed by atoms with van der Waals surface area (Å²) in [6, 6.07) is 3.04. The number of nitrogens with zero attached hydrogens (tertiary/aromatic N) is 1. The maximum absolute atomic E-state index is 14.1. The van der Waals surface area contributed by atoms with Gasteiger partial charge in [0.25, 0.3) is 5.91 Å². The standard InChI is InChI=1S/C27H33N3O9/c1-10-11-8-7-9-12(31)14(11)19(32)15-13(10)21(39-25(37)29-26(2,3)4)17-18(30(5)6)20(33)16(24(28)36)23(35)27(17,38)22(15)34/h7-10,13,17-18,21,31-32,35,38H,1-6H3,(H2,28,36)(H,29,37)/t10-,13-,17+,18+,21+,27+/m0/s1. The summed E-state index contributed by atoms with van der Waals surface area (Å²) < 4.78 is 5.86. The van der Waals surface area contributed by atoms with Crippen LogP contribution in [0.1, 0.15) is 44.7 Å². The van der Waals surface area contributed by atoms with Crippen molar-refractivity contribution in [3.8, 4) is 5.75 Å². The topological polar surface area (TPSA) is 200 Å². The number of aromatic hydroxyl groups is 1. The van der Waals surface area contributed by atoms with Crippen LogP contribution in [0.2, 0.25) is 0 Å². The van der Waals surface area contributed by atoms with E-state index >= 15 is 0 Å². The lowest BCUT2D eigenvalue weighted by Gasteiger charge is -2.54. The Balaban J connectivity index is 2.07. The molecular formula is C27H33N3O9. The van der Waals surface area contributed by atoms with Crippen molar-refractivity contribution in [2.24, 2.45) is 17.6 Å². The predicted octanol–water partition coefficient (Wildman–Crippen LogP) is 1.03. The zero-order valence-electron chi connectivity index (χ0n) is 22.5. The van der Waals surface area contributed by atoms with Crippen LogP contribution in [0.5, 0.6) is 5.75 Å². The minimum atomic E-state index is -2.98. The van der Waals surface area contributed by atoms with E-state index in [2.05, 4.69) is 5.32 Å². The summed E-state index contributed by atoms with van der Waals surface area (Å²) in [5.41, 5.74) is 0.628. The molecule has 12 nitrogen and oxygen atoms in total. The Bertz CT molecular complexity index is 1360.